The van der Waals surface area contributed by atoms with Gasteiger partial charge in [-0.2, -0.15) is 0 Å². The molecular weight excluding hydrogens is 251 g/mol. The maximum atomic E-state index is 13.0. The van der Waals surface area contributed by atoms with Crippen LogP contribution in [-0.4, -0.2) is 11.2 Å². The summed E-state index contributed by atoms with van der Waals surface area (Å²) >= 11 is 0. The first-order valence-electron chi connectivity index (χ1n) is 7.92. The third-order valence-corrected chi connectivity index (χ3v) is 4.25. The largest absolute Gasteiger partial charge is 0.392 e. The van der Waals surface area contributed by atoms with Crippen molar-refractivity contribution in [1.29, 1.82) is 0 Å². The molecule has 1 nitrogen and oxygen atoms in total. The van der Waals surface area contributed by atoms with Crippen molar-refractivity contribution >= 4 is 0 Å². The Balaban J connectivity index is 2.40. The van der Waals surface area contributed by atoms with Crippen LogP contribution in [0.2, 0.25) is 0 Å². The fraction of sp³-hybridized carbons (Fsp3) is 0.667. The fourth-order valence-corrected chi connectivity index (χ4v) is 2.55. The molecule has 2 heteroatoms. The highest BCUT2D eigenvalue weighted by Crippen LogP contribution is 2.30. The van der Waals surface area contributed by atoms with Crippen LogP contribution in [0.5, 0.6) is 0 Å². The van der Waals surface area contributed by atoms with Gasteiger partial charge in [0.05, 0.1) is 6.10 Å². The second kappa shape index (κ2) is 8.41. The lowest BCUT2D eigenvalue weighted by Crippen LogP contribution is -2.33. The minimum Gasteiger partial charge on any atom is -0.392 e. The van der Waals surface area contributed by atoms with Gasteiger partial charge in [-0.15, -0.1) is 0 Å². The lowest BCUT2D eigenvalue weighted by atomic mass is 9.77. The number of aliphatic hydroxyl groups is 1. The van der Waals surface area contributed by atoms with Crippen LogP contribution in [0.25, 0.3) is 0 Å². The average Bonchev–Trinajstić information content (AvgIpc) is 2.43. The highest BCUT2D eigenvalue weighted by atomic mass is 19.1. The molecule has 0 aliphatic rings. The molecule has 1 unspecified atom stereocenters. The molecule has 0 amide bonds. The molecule has 0 saturated heterocycles. The van der Waals surface area contributed by atoms with Gasteiger partial charge in [0.25, 0.3) is 0 Å². The highest BCUT2D eigenvalue weighted by Gasteiger charge is 2.29. The normalized spacial score (nSPS) is 13.4. The summed E-state index contributed by atoms with van der Waals surface area (Å²) in [6.07, 6.45) is 7.83. The first kappa shape index (κ1) is 17.2. The molecule has 0 aliphatic heterocycles. The summed E-state index contributed by atoms with van der Waals surface area (Å²) in [5.41, 5.74) is 0.675. The molecule has 0 aromatic heterocycles. The number of benzene rings is 1. The Hall–Kier alpha value is -0.890. The molecule has 1 N–H and O–H groups in total. The quantitative estimate of drug-likeness (QED) is 0.615. The number of unbranched alkanes of at least 4 members (excludes halogenated alkanes) is 5. The first-order chi connectivity index (χ1) is 9.48. The second-order valence-corrected chi connectivity index (χ2v) is 6.30. The van der Waals surface area contributed by atoms with Crippen LogP contribution >= 0.6 is 0 Å². The van der Waals surface area contributed by atoms with Gasteiger partial charge in [0.1, 0.15) is 5.82 Å². The summed E-state index contributed by atoms with van der Waals surface area (Å²) in [5, 5.41) is 10.4. The van der Waals surface area contributed by atoms with Crippen molar-refractivity contribution < 1.29 is 9.50 Å². The van der Waals surface area contributed by atoms with Gasteiger partial charge in [-0.1, -0.05) is 71.4 Å². The SMILES string of the molecule is CCCCCCCCC(O)C(C)(C)c1ccc(F)cc1. The van der Waals surface area contributed by atoms with Gasteiger partial charge < -0.3 is 5.11 Å². The van der Waals surface area contributed by atoms with E-state index in [9.17, 15) is 9.50 Å². The summed E-state index contributed by atoms with van der Waals surface area (Å²) in [6.45, 7) is 6.28. The minimum atomic E-state index is -0.376. The zero-order valence-electron chi connectivity index (χ0n) is 13.2. The van der Waals surface area contributed by atoms with Gasteiger partial charge in [0, 0.05) is 5.41 Å². The Kier molecular flexibility index (Phi) is 7.22. The minimum absolute atomic E-state index is 0.227. The van der Waals surface area contributed by atoms with Gasteiger partial charge in [0.2, 0.25) is 0 Å². The summed E-state index contributed by atoms with van der Waals surface area (Å²) in [5.74, 6) is -0.227. The Morgan fingerprint density at radius 3 is 2.15 bits per heavy atom. The van der Waals surface area contributed by atoms with E-state index >= 15 is 0 Å². The molecule has 20 heavy (non-hydrogen) atoms. The molecule has 0 bridgehead atoms. The van der Waals surface area contributed by atoms with E-state index in [2.05, 4.69) is 6.92 Å². The van der Waals surface area contributed by atoms with E-state index in [1.807, 2.05) is 13.8 Å². The zero-order valence-corrected chi connectivity index (χ0v) is 13.2. The summed E-state index contributed by atoms with van der Waals surface area (Å²) < 4.78 is 13.0. The monoisotopic (exact) mass is 280 g/mol. The smallest absolute Gasteiger partial charge is 0.123 e. The molecule has 0 heterocycles. The molecule has 1 aromatic carbocycles. The molecule has 114 valence electrons. The fourth-order valence-electron chi connectivity index (χ4n) is 2.55. The van der Waals surface area contributed by atoms with Crippen molar-refractivity contribution in [3.05, 3.63) is 35.6 Å². The van der Waals surface area contributed by atoms with Crippen molar-refractivity contribution in [3.8, 4) is 0 Å². The molecule has 0 fully saturated rings. The van der Waals surface area contributed by atoms with E-state index in [0.717, 1.165) is 18.4 Å². The van der Waals surface area contributed by atoms with Crippen molar-refractivity contribution in [3.63, 3.8) is 0 Å². The van der Waals surface area contributed by atoms with E-state index in [0.29, 0.717) is 0 Å². The van der Waals surface area contributed by atoms with Gasteiger partial charge in [-0.05, 0) is 24.1 Å². The van der Waals surface area contributed by atoms with Crippen molar-refractivity contribution in [2.45, 2.75) is 77.2 Å². The van der Waals surface area contributed by atoms with E-state index in [1.54, 1.807) is 12.1 Å². The molecule has 0 spiro atoms. The highest BCUT2D eigenvalue weighted by molar-refractivity contribution is 5.25. The Labute approximate surface area is 123 Å². The molecule has 0 saturated carbocycles. The van der Waals surface area contributed by atoms with Crippen LogP contribution in [0.15, 0.2) is 24.3 Å². The number of hydrogen-bond donors (Lipinski definition) is 1. The van der Waals surface area contributed by atoms with Gasteiger partial charge in [0.15, 0.2) is 0 Å². The summed E-state index contributed by atoms with van der Waals surface area (Å²) in [6, 6.07) is 6.49. The molecule has 1 aromatic rings. The van der Waals surface area contributed by atoms with Crippen molar-refractivity contribution in [1.82, 2.24) is 0 Å². The van der Waals surface area contributed by atoms with Crippen LogP contribution in [0.1, 0.15) is 71.3 Å². The van der Waals surface area contributed by atoms with Crippen LogP contribution in [0, 0.1) is 5.82 Å². The van der Waals surface area contributed by atoms with Gasteiger partial charge in [-0.3, -0.25) is 0 Å². The molecule has 0 radical (unpaired) electrons. The van der Waals surface area contributed by atoms with E-state index in [4.69, 9.17) is 0 Å². The van der Waals surface area contributed by atoms with Crippen molar-refractivity contribution in [2.75, 3.05) is 0 Å². The number of rotatable bonds is 9. The van der Waals surface area contributed by atoms with Crippen LogP contribution in [0.4, 0.5) is 4.39 Å². The molecule has 1 rings (SSSR count). The number of halogens is 1. The first-order valence-corrected chi connectivity index (χ1v) is 7.92. The Morgan fingerprint density at radius 1 is 1.00 bits per heavy atom. The predicted octanol–water partition coefficient (Wildman–Crippen LogP) is 5.21. The van der Waals surface area contributed by atoms with E-state index < -0.39 is 0 Å². The third kappa shape index (κ3) is 5.24. The molecular formula is C18H29FO. The Morgan fingerprint density at radius 2 is 1.55 bits per heavy atom. The average molecular weight is 280 g/mol. The second-order valence-electron chi connectivity index (χ2n) is 6.30. The van der Waals surface area contributed by atoms with E-state index in [-0.39, 0.29) is 17.3 Å². The summed E-state index contributed by atoms with van der Waals surface area (Å²) in [7, 11) is 0. The van der Waals surface area contributed by atoms with Gasteiger partial charge >= 0.3 is 0 Å². The molecule has 1 atom stereocenters. The zero-order chi connectivity index (χ0) is 15.0. The topological polar surface area (TPSA) is 20.2 Å². The van der Waals surface area contributed by atoms with Crippen LogP contribution in [0.3, 0.4) is 0 Å². The van der Waals surface area contributed by atoms with Crippen LogP contribution in [-0.2, 0) is 5.41 Å². The Bertz CT molecular complexity index is 370. The summed E-state index contributed by atoms with van der Waals surface area (Å²) in [4.78, 5) is 0. The third-order valence-electron chi connectivity index (χ3n) is 4.25. The van der Waals surface area contributed by atoms with Crippen LogP contribution < -0.4 is 0 Å². The predicted molar refractivity (Wildman–Crippen MR) is 83.4 cm³/mol. The number of aliphatic hydroxyl groups excluding tert-OH is 1. The maximum absolute atomic E-state index is 13.0. The molecule has 0 aliphatic carbocycles. The maximum Gasteiger partial charge on any atom is 0.123 e. The van der Waals surface area contributed by atoms with E-state index in [1.165, 1.54) is 44.2 Å². The van der Waals surface area contributed by atoms with Gasteiger partial charge in [-0.25, -0.2) is 4.39 Å². The van der Waals surface area contributed by atoms with Crippen molar-refractivity contribution in [2.24, 2.45) is 0 Å². The number of hydrogen-bond acceptors (Lipinski definition) is 1. The standard InChI is InChI=1S/C18H29FO/c1-4-5-6-7-8-9-10-17(20)18(2,3)15-11-13-16(19)14-12-15/h11-14,17,20H,4-10H2,1-3H3. The lowest BCUT2D eigenvalue weighted by Gasteiger charge is -2.31. The lowest BCUT2D eigenvalue weighted by molar-refractivity contribution is 0.0884.